The molecule has 0 saturated carbocycles. The summed E-state index contributed by atoms with van der Waals surface area (Å²) in [5.74, 6) is 1.83. The summed E-state index contributed by atoms with van der Waals surface area (Å²) in [6.45, 7) is 0. The van der Waals surface area contributed by atoms with Crippen LogP contribution in [0.1, 0.15) is 0 Å². The van der Waals surface area contributed by atoms with Crippen LogP contribution in [0, 0.1) is 0 Å². The molecular weight excluding hydrogens is 795 g/mol. The van der Waals surface area contributed by atoms with Crippen LogP contribution < -0.4 is 0 Å². The van der Waals surface area contributed by atoms with Crippen LogP contribution >= 0.6 is 0 Å². The Morgan fingerprint density at radius 1 is 0.308 bits per heavy atom. The van der Waals surface area contributed by atoms with Crippen LogP contribution in [-0.4, -0.2) is 24.1 Å². The van der Waals surface area contributed by atoms with E-state index >= 15 is 0 Å². The lowest BCUT2D eigenvalue weighted by atomic mass is 10.0. The highest BCUT2D eigenvalue weighted by Crippen LogP contribution is 2.40. The average molecular weight is 830 g/mol. The van der Waals surface area contributed by atoms with Crippen LogP contribution in [0.2, 0.25) is 0 Å². The van der Waals surface area contributed by atoms with Crippen LogP contribution in [0.25, 0.3) is 133 Å². The molecule has 0 unspecified atom stereocenters. The van der Waals surface area contributed by atoms with E-state index in [9.17, 15) is 0 Å². The molecular formula is C59H35N5O. The van der Waals surface area contributed by atoms with Crippen LogP contribution in [0.5, 0.6) is 0 Å². The fraction of sp³-hybridized carbons (Fsp3) is 0. The van der Waals surface area contributed by atoms with Gasteiger partial charge in [0.25, 0.3) is 0 Å². The van der Waals surface area contributed by atoms with E-state index in [0.29, 0.717) is 17.6 Å². The van der Waals surface area contributed by atoms with Gasteiger partial charge in [0.2, 0.25) is 5.95 Å². The normalized spacial score (nSPS) is 12.0. The zero-order valence-electron chi connectivity index (χ0n) is 34.9. The van der Waals surface area contributed by atoms with E-state index < -0.39 is 0 Å². The highest BCUT2D eigenvalue weighted by atomic mass is 16.3. The smallest absolute Gasteiger partial charge is 0.238 e. The van der Waals surface area contributed by atoms with Crippen molar-refractivity contribution in [1.82, 2.24) is 24.1 Å². The van der Waals surface area contributed by atoms with Gasteiger partial charge in [-0.15, -0.1) is 0 Å². The van der Waals surface area contributed by atoms with E-state index in [1.165, 1.54) is 10.8 Å². The van der Waals surface area contributed by atoms with Crippen molar-refractivity contribution in [2.24, 2.45) is 0 Å². The first-order valence-corrected chi connectivity index (χ1v) is 21.9. The molecule has 0 aliphatic heterocycles. The minimum absolute atomic E-state index is 0.570. The molecule has 6 nitrogen and oxygen atoms in total. The fourth-order valence-corrected chi connectivity index (χ4v) is 10.2. The Bertz CT molecular complexity index is 4160. The Balaban J connectivity index is 0.954. The van der Waals surface area contributed by atoms with Gasteiger partial charge in [0.05, 0.1) is 22.1 Å². The predicted octanol–water partition coefficient (Wildman–Crippen LogP) is 15.3. The number of benzene rings is 10. The largest absolute Gasteiger partial charge is 0.456 e. The van der Waals surface area contributed by atoms with Crippen LogP contribution in [0.15, 0.2) is 217 Å². The summed E-state index contributed by atoms with van der Waals surface area (Å²) in [5.41, 5.74) is 11.5. The second-order valence-electron chi connectivity index (χ2n) is 16.8. The summed E-state index contributed by atoms with van der Waals surface area (Å²) >= 11 is 0. The number of rotatable bonds is 5. The summed E-state index contributed by atoms with van der Waals surface area (Å²) < 4.78 is 10.8. The number of fused-ring (bicyclic) bond motifs is 11. The first-order chi connectivity index (χ1) is 32.2. The van der Waals surface area contributed by atoms with Crippen molar-refractivity contribution in [2.45, 2.75) is 0 Å². The molecule has 0 aliphatic rings. The quantitative estimate of drug-likeness (QED) is 0.173. The summed E-state index contributed by atoms with van der Waals surface area (Å²) in [4.78, 5) is 15.9. The van der Waals surface area contributed by atoms with Crippen LogP contribution in [-0.2, 0) is 0 Å². The molecule has 6 heteroatoms. The van der Waals surface area contributed by atoms with Gasteiger partial charge in [-0.3, -0.25) is 4.57 Å². The van der Waals surface area contributed by atoms with Crippen molar-refractivity contribution in [3.63, 3.8) is 0 Å². The van der Waals surface area contributed by atoms with E-state index in [1.54, 1.807) is 0 Å². The molecule has 14 rings (SSSR count). The minimum atomic E-state index is 0.570. The second kappa shape index (κ2) is 13.8. The SMILES string of the molecule is c1ccc2c(-c3nc(-c4cccc5ccccc45)nc(-n4c5ccccc5c5cc(-c6ccc7c(c6)c6ccccc6n7-c6ccc7oc8ccccc8c7c6)ccc54)n3)cccc2c1. The second-order valence-corrected chi connectivity index (χ2v) is 16.8. The van der Waals surface area contributed by atoms with Gasteiger partial charge in [0.15, 0.2) is 11.6 Å². The van der Waals surface area contributed by atoms with Gasteiger partial charge in [-0.25, -0.2) is 4.98 Å². The van der Waals surface area contributed by atoms with E-state index in [1.807, 2.05) is 12.1 Å². The van der Waals surface area contributed by atoms with Crippen molar-refractivity contribution in [3.05, 3.63) is 212 Å². The third kappa shape index (κ3) is 5.44. The Kier molecular flexibility index (Phi) is 7.59. The van der Waals surface area contributed by atoms with Gasteiger partial charge in [-0.1, -0.05) is 152 Å². The molecule has 0 radical (unpaired) electrons. The summed E-state index contributed by atoms with van der Waals surface area (Å²) in [6, 6.07) is 75.2. The maximum absolute atomic E-state index is 6.20. The fourth-order valence-electron chi connectivity index (χ4n) is 10.2. The number of nitrogens with zero attached hydrogens (tertiary/aromatic N) is 5. The minimum Gasteiger partial charge on any atom is -0.456 e. The maximum Gasteiger partial charge on any atom is 0.238 e. The van der Waals surface area contributed by atoms with Gasteiger partial charge in [-0.2, -0.15) is 9.97 Å². The van der Waals surface area contributed by atoms with Crippen molar-refractivity contribution in [1.29, 1.82) is 0 Å². The third-order valence-corrected chi connectivity index (χ3v) is 13.2. The highest BCUT2D eigenvalue weighted by Gasteiger charge is 2.21. The van der Waals surface area contributed by atoms with Gasteiger partial charge in [0, 0.05) is 49.1 Å². The first-order valence-electron chi connectivity index (χ1n) is 21.9. The van der Waals surface area contributed by atoms with E-state index in [0.717, 1.165) is 104 Å². The van der Waals surface area contributed by atoms with E-state index in [2.05, 4.69) is 209 Å². The number of furan rings is 1. The Labute approximate surface area is 371 Å². The van der Waals surface area contributed by atoms with Crippen molar-refractivity contribution in [3.8, 4) is 45.5 Å². The number of hydrogen-bond donors (Lipinski definition) is 0. The van der Waals surface area contributed by atoms with Gasteiger partial charge in [-0.05, 0) is 93.3 Å². The molecule has 0 saturated heterocycles. The summed E-state index contributed by atoms with van der Waals surface area (Å²) in [5, 5.41) is 11.3. The van der Waals surface area contributed by atoms with Crippen LogP contribution in [0.4, 0.5) is 0 Å². The number of hydrogen-bond acceptors (Lipinski definition) is 4. The molecule has 0 bridgehead atoms. The zero-order chi connectivity index (χ0) is 42.6. The molecule has 0 aliphatic carbocycles. The van der Waals surface area contributed by atoms with Gasteiger partial charge in [0.1, 0.15) is 11.2 Å². The molecule has 4 heterocycles. The highest BCUT2D eigenvalue weighted by molar-refractivity contribution is 6.13. The summed E-state index contributed by atoms with van der Waals surface area (Å²) in [6.07, 6.45) is 0. The Morgan fingerprint density at radius 3 is 1.42 bits per heavy atom. The first kappa shape index (κ1) is 35.7. The molecule has 4 aromatic heterocycles. The maximum atomic E-state index is 6.20. The standard InChI is InChI=1S/C59H35N5O/c1-3-17-41-36(13-1)15-11-22-46(41)57-60-58(47-23-12-16-37-14-2-4-18-42(37)47)62-59(61-57)64-52-25-9-6-20-44(52)49-34-39(28-31-54(49)64)38-27-30-53-48(33-38)43-19-5-8-24-51(43)63(53)40-29-32-56-50(35-40)45-21-7-10-26-55(45)65-56/h1-35H. The molecule has 65 heavy (non-hydrogen) atoms. The van der Waals surface area contributed by atoms with Gasteiger partial charge >= 0.3 is 0 Å². The molecule has 0 spiro atoms. The monoisotopic (exact) mass is 829 g/mol. The zero-order valence-corrected chi connectivity index (χ0v) is 34.9. The third-order valence-electron chi connectivity index (χ3n) is 13.2. The molecule has 0 atom stereocenters. The van der Waals surface area contributed by atoms with Gasteiger partial charge < -0.3 is 8.98 Å². The Hall–Kier alpha value is -8.87. The molecule has 10 aromatic carbocycles. The lowest BCUT2D eigenvalue weighted by Crippen LogP contribution is -2.06. The number of aromatic nitrogens is 5. The molecule has 14 aromatic rings. The van der Waals surface area contributed by atoms with Crippen molar-refractivity contribution in [2.75, 3.05) is 0 Å². The molecule has 0 amide bonds. The number of para-hydroxylation sites is 3. The van der Waals surface area contributed by atoms with Crippen molar-refractivity contribution >= 4 is 87.1 Å². The molecule has 302 valence electrons. The van der Waals surface area contributed by atoms with E-state index in [-0.39, 0.29) is 0 Å². The van der Waals surface area contributed by atoms with E-state index in [4.69, 9.17) is 19.4 Å². The average Bonchev–Trinajstić information content (AvgIpc) is 4.03. The summed E-state index contributed by atoms with van der Waals surface area (Å²) in [7, 11) is 0. The van der Waals surface area contributed by atoms with Crippen LogP contribution in [0.3, 0.4) is 0 Å². The van der Waals surface area contributed by atoms with Crippen molar-refractivity contribution < 1.29 is 4.42 Å². The lowest BCUT2D eigenvalue weighted by molar-refractivity contribution is 0.669. The molecule has 0 fully saturated rings. The predicted molar refractivity (Wildman–Crippen MR) is 267 cm³/mol. The molecule has 0 N–H and O–H groups in total. The Morgan fingerprint density at radius 2 is 0.785 bits per heavy atom. The lowest BCUT2D eigenvalue weighted by Gasteiger charge is -2.13. The topological polar surface area (TPSA) is 61.7 Å².